The van der Waals surface area contributed by atoms with Gasteiger partial charge in [0, 0.05) is 18.6 Å². The first kappa shape index (κ1) is 24.5. The Hall–Kier alpha value is -0.610. The minimum atomic E-state index is -0.259. The van der Waals surface area contributed by atoms with E-state index in [0.717, 1.165) is 30.9 Å². The Morgan fingerprint density at radius 3 is 2.66 bits per heavy atom. The van der Waals surface area contributed by atoms with Gasteiger partial charge in [-0.15, -0.1) is 0 Å². The fourth-order valence-corrected chi connectivity index (χ4v) is 9.16. The van der Waals surface area contributed by atoms with Crippen molar-refractivity contribution < 1.29 is 14.7 Å². The van der Waals surface area contributed by atoms with Crippen molar-refractivity contribution in [3.8, 4) is 0 Å². The molecule has 8 atom stereocenters. The monoisotopic (exact) mass is 460 g/mol. The van der Waals surface area contributed by atoms with Crippen molar-refractivity contribution in [1.29, 1.82) is 0 Å². The summed E-state index contributed by atoms with van der Waals surface area (Å²) in [6, 6.07) is 0. The number of aliphatic hydroxyl groups is 1. The van der Waals surface area contributed by atoms with Gasteiger partial charge in [0.2, 0.25) is 0 Å². The van der Waals surface area contributed by atoms with Crippen LogP contribution in [-0.2, 0) is 9.59 Å². The molecule has 0 aliphatic heterocycles. The van der Waals surface area contributed by atoms with Crippen molar-refractivity contribution in [3.05, 3.63) is 11.6 Å². The smallest absolute Gasteiger partial charge is 0.185 e. The van der Waals surface area contributed by atoms with E-state index in [4.69, 9.17) is 0 Å². The highest BCUT2D eigenvalue weighted by Crippen LogP contribution is 2.66. The molecule has 1 N–H and O–H groups in total. The van der Waals surface area contributed by atoms with Crippen LogP contribution in [0.1, 0.15) is 98.3 Å². The molecule has 3 fully saturated rings. The third-order valence-electron chi connectivity index (χ3n) is 10.3. The molecule has 0 unspecified atom stereocenters. The van der Waals surface area contributed by atoms with Crippen molar-refractivity contribution >= 4 is 22.7 Å². The molecule has 0 spiro atoms. The SMILES string of the molecule is CC(=O)SCCCCC[C@@H](C)[C@H]1CC[C@H]2[C@@H]3C(=O)C=C4C[C@@H](O)CC[C@]4(C)[C@H]3CC[C@]12C. The van der Waals surface area contributed by atoms with Crippen LogP contribution < -0.4 is 0 Å². The van der Waals surface area contributed by atoms with Crippen LogP contribution in [-0.4, -0.2) is 27.9 Å². The standard InChI is InChI=1S/C28H44O3S/c1-18(8-6-5-7-15-32-19(2)29)22-9-10-23-26-24(12-14-28(22,23)4)27(3)13-11-21(30)16-20(27)17-25(26)31/h17-18,21-24,26,30H,5-16H2,1-4H3/t18-,21+,22-,23+,24+,26+,27+,28-/m1/s1. The van der Waals surface area contributed by atoms with Crippen LogP contribution in [0.15, 0.2) is 11.6 Å². The second kappa shape index (κ2) is 9.56. The average Bonchev–Trinajstić information content (AvgIpc) is 3.09. The van der Waals surface area contributed by atoms with Gasteiger partial charge in [0.05, 0.1) is 6.10 Å². The number of hydrogen-bond donors (Lipinski definition) is 1. The Morgan fingerprint density at radius 2 is 1.91 bits per heavy atom. The summed E-state index contributed by atoms with van der Waals surface area (Å²) in [5.74, 6) is 4.01. The zero-order valence-electron chi connectivity index (χ0n) is 20.7. The molecule has 0 saturated heterocycles. The maximum Gasteiger partial charge on any atom is 0.185 e. The molecule has 32 heavy (non-hydrogen) atoms. The largest absolute Gasteiger partial charge is 0.393 e. The first-order chi connectivity index (χ1) is 15.2. The van der Waals surface area contributed by atoms with E-state index >= 15 is 0 Å². The number of fused-ring (bicyclic) bond motifs is 5. The first-order valence-electron chi connectivity index (χ1n) is 13.2. The van der Waals surface area contributed by atoms with Crippen molar-refractivity contribution in [2.75, 3.05) is 5.75 Å². The fourth-order valence-electron chi connectivity index (χ4n) is 8.52. The summed E-state index contributed by atoms with van der Waals surface area (Å²) in [6.07, 6.45) is 14.2. The molecule has 4 heteroatoms. The zero-order valence-corrected chi connectivity index (χ0v) is 21.5. The Bertz CT molecular complexity index is 760. The maximum absolute atomic E-state index is 13.4. The fraction of sp³-hybridized carbons (Fsp3) is 0.857. The molecule has 4 rings (SSSR count). The highest BCUT2D eigenvalue weighted by molar-refractivity contribution is 8.13. The first-order valence-corrected chi connectivity index (χ1v) is 14.2. The highest BCUT2D eigenvalue weighted by Gasteiger charge is 2.61. The second-order valence-corrected chi connectivity index (χ2v) is 13.3. The van der Waals surface area contributed by atoms with Gasteiger partial charge in [-0.2, -0.15) is 0 Å². The van der Waals surface area contributed by atoms with E-state index in [0.29, 0.717) is 35.4 Å². The van der Waals surface area contributed by atoms with Gasteiger partial charge in [0.15, 0.2) is 10.9 Å². The number of rotatable bonds is 7. The van der Waals surface area contributed by atoms with Crippen LogP contribution in [0.5, 0.6) is 0 Å². The summed E-state index contributed by atoms with van der Waals surface area (Å²) < 4.78 is 0. The molecule has 0 aromatic heterocycles. The van der Waals surface area contributed by atoms with Crippen LogP contribution in [0.25, 0.3) is 0 Å². The molecule has 4 aliphatic rings. The van der Waals surface area contributed by atoms with Gasteiger partial charge in [-0.05, 0) is 91.9 Å². The predicted molar refractivity (Wildman–Crippen MR) is 132 cm³/mol. The number of ketones is 1. The molecular weight excluding hydrogens is 416 g/mol. The number of hydrogen-bond acceptors (Lipinski definition) is 4. The molecule has 0 aromatic carbocycles. The number of aliphatic hydroxyl groups excluding tert-OH is 1. The predicted octanol–water partition coefficient (Wildman–Crippen LogP) is 6.58. The van der Waals surface area contributed by atoms with Gasteiger partial charge in [-0.3, -0.25) is 9.59 Å². The second-order valence-electron chi connectivity index (χ2n) is 12.0. The molecule has 0 heterocycles. The lowest BCUT2D eigenvalue weighted by Gasteiger charge is -2.57. The van der Waals surface area contributed by atoms with Crippen molar-refractivity contribution in [2.24, 2.45) is 40.4 Å². The van der Waals surface area contributed by atoms with E-state index < -0.39 is 0 Å². The van der Waals surface area contributed by atoms with Crippen molar-refractivity contribution in [3.63, 3.8) is 0 Å². The van der Waals surface area contributed by atoms with Gasteiger partial charge >= 0.3 is 0 Å². The lowest BCUT2D eigenvalue weighted by Crippen LogP contribution is -2.53. The highest BCUT2D eigenvalue weighted by atomic mass is 32.2. The Labute approximate surface area is 199 Å². The van der Waals surface area contributed by atoms with Crippen molar-refractivity contribution in [2.45, 2.75) is 104 Å². The Morgan fingerprint density at radius 1 is 1.12 bits per heavy atom. The van der Waals surface area contributed by atoms with E-state index in [-0.39, 0.29) is 22.6 Å². The molecule has 4 aliphatic carbocycles. The summed E-state index contributed by atoms with van der Waals surface area (Å²) in [4.78, 5) is 24.5. The quantitative estimate of drug-likeness (QED) is 0.436. The minimum Gasteiger partial charge on any atom is -0.393 e. The summed E-state index contributed by atoms with van der Waals surface area (Å²) in [5.41, 5.74) is 1.68. The van der Waals surface area contributed by atoms with Gasteiger partial charge in [0.25, 0.3) is 0 Å². The summed E-state index contributed by atoms with van der Waals surface area (Å²) >= 11 is 1.46. The summed E-state index contributed by atoms with van der Waals surface area (Å²) in [5, 5.41) is 10.4. The summed E-state index contributed by atoms with van der Waals surface area (Å²) in [7, 11) is 0. The lowest BCUT2D eigenvalue weighted by atomic mass is 9.46. The Kier molecular flexibility index (Phi) is 7.33. The molecule has 0 amide bonds. The maximum atomic E-state index is 13.4. The molecule has 3 saturated carbocycles. The number of thioether (sulfide) groups is 1. The van der Waals surface area contributed by atoms with Crippen LogP contribution in [0.3, 0.4) is 0 Å². The minimum absolute atomic E-state index is 0.126. The Balaban J connectivity index is 1.41. The molecule has 0 radical (unpaired) electrons. The lowest BCUT2D eigenvalue weighted by molar-refractivity contribution is -0.135. The topological polar surface area (TPSA) is 54.4 Å². The molecule has 3 nitrogen and oxygen atoms in total. The average molecular weight is 461 g/mol. The molecule has 0 bridgehead atoms. The third-order valence-corrected chi connectivity index (χ3v) is 11.2. The van der Waals surface area contributed by atoms with Gasteiger partial charge in [-0.25, -0.2) is 0 Å². The normalized spacial score (nSPS) is 42.0. The summed E-state index contributed by atoms with van der Waals surface area (Å²) in [6.45, 7) is 9.03. The zero-order chi connectivity index (χ0) is 23.1. The molecular formula is C28H44O3S. The van der Waals surface area contributed by atoms with Crippen LogP contribution in [0.2, 0.25) is 0 Å². The number of carbonyl (C=O) groups is 2. The van der Waals surface area contributed by atoms with Crippen LogP contribution in [0.4, 0.5) is 0 Å². The third kappa shape index (κ3) is 4.40. The van der Waals surface area contributed by atoms with Crippen LogP contribution >= 0.6 is 11.8 Å². The number of carbonyl (C=O) groups excluding carboxylic acids is 2. The van der Waals surface area contributed by atoms with E-state index in [9.17, 15) is 14.7 Å². The van der Waals surface area contributed by atoms with Gasteiger partial charge in [-0.1, -0.05) is 57.4 Å². The molecule has 0 aromatic rings. The molecule has 180 valence electrons. The van der Waals surface area contributed by atoms with Gasteiger partial charge in [0.1, 0.15) is 0 Å². The van der Waals surface area contributed by atoms with E-state index in [1.165, 1.54) is 62.3 Å². The van der Waals surface area contributed by atoms with E-state index in [2.05, 4.69) is 20.8 Å². The van der Waals surface area contributed by atoms with E-state index in [1.54, 1.807) is 6.92 Å². The number of unbranched alkanes of at least 4 members (excludes halogenated alkanes) is 2. The van der Waals surface area contributed by atoms with Crippen molar-refractivity contribution in [1.82, 2.24) is 0 Å². The van der Waals surface area contributed by atoms with Gasteiger partial charge < -0.3 is 5.11 Å². The number of allylic oxidation sites excluding steroid dienone is 1. The van der Waals surface area contributed by atoms with E-state index in [1.807, 2.05) is 6.08 Å². The van der Waals surface area contributed by atoms with Crippen LogP contribution in [0, 0.1) is 40.4 Å².